The summed E-state index contributed by atoms with van der Waals surface area (Å²) in [4.78, 5) is 11.0. The van der Waals surface area contributed by atoms with Crippen LogP contribution in [0, 0.1) is 5.92 Å². The molecule has 0 radical (unpaired) electrons. The van der Waals surface area contributed by atoms with Crippen molar-refractivity contribution in [2.75, 3.05) is 0 Å². The summed E-state index contributed by atoms with van der Waals surface area (Å²) in [6.45, 7) is 3.76. The summed E-state index contributed by atoms with van der Waals surface area (Å²) in [5.41, 5.74) is -0.241. The maximum absolute atomic E-state index is 11.0. The minimum Gasteiger partial charge on any atom is -0.452 e. The van der Waals surface area contributed by atoms with Gasteiger partial charge in [0.15, 0.2) is 0 Å². The monoisotopic (exact) mass is 192 g/mol. The Morgan fingerprint density at radius 3 is 2.79 bits per heavy atom. The van der Waals surface area contributed by atoms with Crippen molar-refractivity contribution in [3.8, 4) is 0 Å². The van der Waals surface area contributed by atoms with E-state index in [-0.39, 0.29) is 11.6 Å². The Labute approximate surface area is 84.6 Å². The molecule has 0 bridgehead atoms. The van der Waals surface area contributed by atoms with Gasteiger partial charge in [-0.25, -0.2) is 4.79 Å². The fourth-order valence-electron chi connectivity index (χ4n) is 2.39. The average molecular weight is 192 g/mol. The lowest BCUT2D eigenvalue weighted by Crippen LogP contribution is -2.33. The Bertz CT molecular complexity index is 270. The van der Waals surface area contributed by atoms with Crippen LogP contribution in [0.2, 0.25) is 0 Å². The summed E-state index contributed by atoms with van der Waals surface area (Å²) in [5.74, 6) is 0.568. The Balaban J connectivity index is 1.92. The quantitative estimate of drug-likeness (QED) is 0.496. The van der Waals surface area contributed by atoms with Gasteiger partial charge in [0, 0.05) is 6.08 Å². The summed E-state index contributed by atoms with van der Waals surface area (Å²) >= 11 is 0. The molecule has 2 nitrogen and oxygen atoms in total. The predicted octanol–water partition coefficient (Wildman–Crippen LogP) is 2.60. The van der Waals surface area contributed by atoms with Gasteiger partial charge in [-0.05, 0) is 44.1 Å². The highest BCUT2D eigenvalue weighted by atomic mass is 16.6. The second-order valence-corrected chi connectivity index (χ2v) is 4.29. The SMILES string of the molecule is C=CCC1CCC2(C=CC(=O)O2)CC1. The highest BCUT2D eigenvalue weighted by molar-refractivity contribution is 5.85. The fourth-order valence-corrected chi connectivity index (χ4v) is 2.39. The van der Waals surface area contributed by atoms with Crippen LogP contribution in [0.5, 0.6) is 0 Å². The standard InChI is InChI=1S/C12H16O2/c1-2-3-10-4-7-12(8-5-10)9-6-11(13)14-12/h2,6,9-10H,1,3-5,7-8H2. The lowest BCUT2D eigenvalue weighted by atomic mass is 9.78. The molecule has 1 fully saturated rings. The van der Waals surface area contributed by atoms with Crippen molar-refractivity contribution in [1.29, 1.82) is 0 Å². The molecule has 1 spiro atoms. The van der Waals surface area contributed by atoms with Crippen LogP contribution in [0.25, 0.3) is 0 Å². The van der Waals surface area contributed by atoms with Crippen molar-refractivity contribution >= 4 is 5.97 Å². The molecule has 2 aliphatic rings. The van der Waals surface area contributed by atoms with Crippen molar-refractivity contribution in [3.05, 3.63) is 24.8 Å². The highest BCUT2D eigenvalue weighted by Gasteiger charge is 2.38. The first-order chi connectivity index (χ1) is 6.74. The minimum atomic E-state index is -0.241. The van der Waals surface area contributed by atoms with Crippen molar-refractivity contribution in [2.24, 2.45) is 5.92 Å². The van der Waals surface area contributed by atoms with E-state index >= 15 is 0 Å². The van der Waals surface area contributed by atoms with Crippen LogP contribution in [0.3, 0.4) is 0 Å². The van der Waals surface area contributed by atoms with Gasteiger partial charge in [-0.15, -0.1) is 6.58 Å². The molecule has 0 saturated heterocycles. The summed E-state index contributed by atoms with van der Waals surface area (Å²) in [7, 11) is 0. The van der Waals surface area contributed by atoms with Gasteiger partial charge in [0.2, 0.25) is 0 Å². The van der Waals surface area contributed by atoms with E-state index in [1.807, 2.05) is 12.2 Å². The van der Waals surface area contributed by atoms with Gasteiger partial charge in [-0.2, -0.15) is 0 Å². The van der Waals surface area contributed by atoms with E-state index in [4.69, 9.17) is 4.74 Å². The Morgan fingerprint density at radius 2 is 2.29 bits per heavy atom. The molecule has 76 valence electrons. The third-order valence-electron chi connectivity index (χ3n) is 3.28. The molecule has 1 aliphatic heterocycles. The number of esters is 1. The molecule has 0 unspecified atom stereocenters. The topological polar surface area (TPSA) is 26.3 Å². The molecular weight excluding hydrogens is 176 g/mol. The molecule has 0 N–H and O–H groups in total. The minimum absolute atomic E-state index is 0.174. The molecule has 1 saturated carbocycles. The largest absolute Gasteiger partial charge is 0.452 e. The lowest BCUT2D eigenvalue weighted by molar-refractivity contribution is -0.148. The van der Waals surface area contributed by atoms with Crippen LogP contribution in [0.15, 0.2) is 24.8 Å². The van der Waals surface area contributed by atoms with E-state index in [2.05, 4.69) is 6.58 Å². The molecule has 2 rings (SSSR count). The number of carbonyl (C=O) groups excluding carboxylic acids is 1. The maximum Gasteiger partial charge on any atom is 0.331 e. The number of rotatable bonds is 2. The summed E-state index contributed by atoms with van der Waals surface area (Å²) < 4.78 is 5.34. The molecular formula is C12H16O2. The molecule has 0 amide bonds. The van der Waals surface area contributed by atoms with E-state index in [0.29, 0.717) is 0 Å². The van der Waals surface area contributed by atoms with E-state index in [0.717, 1.165) is 38.0 Å². The molecule has 2 heteroatoms. The zero-order chi connectivity index (χ0) is 10.0. The number of ether oxygens (including phenoxy) is 1. The highest BCUT2D eigenvalue weighted by Crippen LogP contribution is 2.39. The Hall–Kier alpha value is -1.05. The smallest absolute Gasteiger partial charge is 0.331 e. The Morgan fingerprint density at radius 1 is 1.57 bits per heavy atom. The van der Waals surface area contributed by atoms with Crippen LogP contribution in [0.1, 0.15) is 32.1 Å². The first-order valence-electron chi connectivity index (χ1n) is 5.27. The molecule has 1 heterocycles. The maximum atomic E-state index is 11.0. The van der Waals surface area contributed by atoms with E-state index in [9.17, 15) is 4.79 Å². The van der Waals surface area contributed by atoms with Crippen LogP contribution in [-0.2, 0) is 9.53 Å². The zero-order valence-corrected chi connectivity index (χ0v) is 8.37. The molecule has 1 aliphatic carbocycles. The van der Waals surface area contributed by atoms with E-state index < -0.39 is 0 Å². The van der Waals surface area contributed by atoms with E-state index in [1.165, 1.54) is 0 Å². The fraction of sp³-hybridized carbons (Fsp3) is 0.583. The van der Waals surface area contributed by atoms with Gasteiger partial charge in [0.25, 0.3) is 0 Å². The summed E-state index contributed by atoms with van der Waals surface area (Å²) in [5, 5.41) is 0. The lowest BCUT2D eigenvalue weighted by Gasteiger charge is -2.34. The first-order valence-corrected chi connectivity index (χ1v) is 5.27. The van der Waals surface area contributed by atoms with Crippen LogP contribution in [0.4, 0.5) is 0 Å². The first kappa shape index (κ1) is 9.50. The van der Waals surface area contributed by atoms with Gasteiger partial charge < -0.3 is 4.74 Å². The van der Waals surface area contributed by atoms with Crippen LogP contribution in [-0.4, -0.2) is 11.6 Å². The molecule has 0 atom stereocenters. The van der Waals surface area contributed by atoms with Crippen LogP contribution < -0.4 is 0 Å². The predicted molar refractivity (Wildman–Crippen MR) is 54.7 cm³/mol. The van der Waals surface area contributed by atoms with Gasteiger partial charge in [-0.1, -0.05) is 6.08 Å². The molecule has 0 aromatic heterocycles. The van der Waals surface area contributed by atoms with Gasteiger partial charge in [0.05, 0.1) is 0 Å². The molecule has 0 aromatic carbocycles. The van der Waals surface area contributed by atoms with Gasteiger partial charge in [-0.3, -0.25) is 0 Å². The molecule has 14 heavy (non-hydrogen) atoms. The third kappa shape index (κ3) is 1.74. The van der Waals surface area contributed by atoms with Crippen LogP contribution >= 0.6 is 0 Å². The Kier molecular flexibility index (Phi) is 2.44. The zero-order valence-electron chi connectivity index (χ0n) is 8.37. The number of hydrogen-bond donors (Lipinski definition) is 0. The summed E-state index contributed by atoms with van der Waals surface area (Å²) in [6, 6.07) is 0. The van der Waals surface area contributed by atoms with Crippen molar-refractivity contribution in [3.63, 3.8) is 0 Å². The summed E-state index contributed by atoms with van der Waals surface area (Å²) in [6.07, 6.45) is 10.8. The third-order valence-corrected chi connectivity index (χ3v) is 3.28. The van der Waals surface area contributed by atoms with Crippen molar-refractivity contribution < 1.29 is 9.53 Å². The van der Waals surface area contributed by atoms with Crippen molar-refractivity contribution in [1.82, 2.24) is 0 Å². The molecule has 0 aromatic rings. The average Bonchev–Trinajstić information content (AvgIpc) is 2.53. The number of allylic oxidation sites excluding steroid dienone is 1. The number of hydrogen-bond acceptors (Lipinski definition) is 2. The second-order valence-electron chi connectivity index (χ2n) is 4.29. The number of carbonyl (C=O) groups is 1. The van der Waals surface area contributed by atoms with E-state index in [1.54, 1.807) is 6.08 Å². The van der Waals surface area contributed by atoms with Gasteiger partial charge in [0.1, 0.15) is 5.60 Å². The van der Waals surface area contributed by atoms with Crippen molar-refractivity contribution in [2.45, 2.75) is 37.7 Å². The second kappa shape index (κ2) is 3.60. The normalized spacial score (nSPS) is 36.0. The van der Waals surface area contributed by atoms with Gasteiger partial charge >= 0.3 is 5.97 Å².